The molecule has 1 aliphatic carbocycles. The Morgan fingerprint density at radius 3 is 2.69 bits per heavy atom. The summed E-state index contributed by atoms with van der Waals surface area (Å²) in [5.74, 6) is 0.990. The number of ether oxygens (including phenoxy) is 2. The van der Waals surface area contributed by atoms with Crippen LogP contribution in [0.4, 0.5) is 0 Å². The van der Waals surface area contributed by atoms with Crippen LogP contribution in [0.15, 0.2) is 30.3 Å². The van der Waals surface area contributed by atoms with Crippen LogP contribution in [0.25, 0.3) is 0 Å². The zero-order valence-electron chi connectivity index (χ0n) is 9.52. The van der Waals surface area contributed by atoms with Gasteiger partial charge in [-0.2, -0.15) is 0 Å². The molecular weight excluding hydrogens is 200 g/mol. The predicted octanol–water partition coefficient (Wildman–Crippen LogP) is 3.17. The average molecular weight is 218 g/mol. The zero-order chi connectivity index (χ0) is 10.8. The van der Waals surface area contributed by atoms with E-state index in [1.165, 1.54) is 19.3 Å². The topological polar surface area (TPSA) is 18.5 Å². The highest BCUT2D eigenvalue weighted by Gasteiger charge is 2.43. The van der Waals surface area contributed by atoms with Gasteiger partial charge in [-0.3, -0.25) is 0 Å². The van der Waals surface area contributed by atoms with Crippen molar-refractivity contribution in [3.8, 4) is 5.75 Å². The fourth-order valence-corrected chi connectivity index (χ4v) is 2.69. The first-order valence-electron chi connectivity index (χ1n) is 6.22. The first-order valence-corrected chi connectivity index (χ1v) is 6.22. The second kappa shape index (κ2) is 4.10. The molecule has 1 atom stereocenters. The second-order valence-electron chi connectivity index (χ2n) is 4.93. The van der Waals surface area contributed by atoms with E-state index in [2.05, 4.69) is 0 Å². The van der Waals surface area contributed by atoms with Crippen molar-refractivity contribution in [3.05, 3.63) is 30.3 Å². The molecule has 2 fully saturated rings. The van der Waals surface area contributed by atoms with E-state index in [-0.39, 0.29) is 5.60 Å². The van der Waals surface area contributed by atoms with E-state index in [4.69, 9.17) is 9.47 Å². The van der Waals surface area contributed by atoms with Crippen molar-refractivity contribution >= 4 is 0 Å². The predicted molar refractivity (Wildman–Crippen MR) is 62.6 cm³/mol. The van der Waals surface area contributed by atoms with Crippen molar-refractivity contribution in [1.29, 1.82) is 0 Å². The number of rotatable bonds is 2. The van der Waals surface area contributed by atoms with Gasteiger partial charge in [0.05, 0.1) is 12.2 Å². The van der Waals surface area contributed by atoms with Crippen molar-refractivity contribution in [1.82, 2.24) is 0 Å². The standard InChI is InChI=1S/C14H18O2/c1-2-5-12(6-3-1)16-13-7-10-15-14(11-13)8-4-9-14/h1-3,5-6,13H,4,7-11H2. The van der Waals surface area contributed by atoms with E-state index in [1.54, 1.807) is 0 Å². The Labute approximate surface area is 96.6 Å². The van der Waals surface area contributed by atoms with Gasteiger partial charge < -0.3 is 9.47 Å². The van der Waals surface area contributed by atoms with Crippen molar-refractivity contribution in [2.24, 2.45) is 0 Å². The lowest BCUT2D eigenvalue weighted by atomic mass is 9.74. The van der Waals surface area contributed by atoms with Crippen LogP contribution in [-0.4, -0.2) is 18.3 Å². The van der Waals surface area contributed by atoms with Crippen molar-refractivity contribution in [3.63, 3.8) is 0 Å². The summed E-state index contributed by atoms with van der Waals surface area (Å²) in [7, 11) is 0. The summed E-state index contributed by atoms with van der Waals surface area (Å²) in [6, 6.07) is 10.1. The maximum atomic E-state index is 6.01. The fourth-order valence-electron chi connectivity index (χ4n) is 2.69. The van der Waals surface area contributed by atoms with Crippen LogP contribution in [0.2, 0.25) is 0 Å². The third-order valence-electron chi connectivity index (χ3n) is 3.76. The molecule has 1 saturated heterocycles. The van der Waals surface area contributed by atoms with Crippen molar-refractivity contribution in [2.45, 2.75) is 43.8 Å². The summed E-state index contributed by atoms with van der Waals surface area (Å²) in [5.41, 5.74) is 0.178. The van der Waals surface area contributed by atoms with Crippen LogP contribution >= 0.6 is 0 Å². The maximum Gasteiger partial charge on any atom is 0.119 e. The zero-order valence-corrected chi connectivity index (χ0v) is 9.52. The summed E-state index contributed by atoms with van der Waals surface area (Å²) in [6.45, 7) is 0.859. The van der Waals surface area contributed by atoms with Gasteiger partial charge in [0.15, 0.2) is 0 Å². The van der Waals surface area contributed by atoms with E-state index < -0.39 is 0 Å². The SMILES string of the molecule is c1ccc(OC2CCOC3(CCC3)C2)cc1. The van der Waals surface area contributed by atoms with Crippen molar-refractivity contribution in [2.75, 3.05) is 6.61 Å². The van der Waals surface area contributed by atoms with Gasteiger partial charge >= 0.3 is 0 Å². The third-order valence-corrected chi connectivity index (χ3v) is 3.76. The molecular formula is C14H18O2. The van der Waals surface area contributed by atoms with Gasteiger partial charge in [-0.1, -0.05) is 18.2 Å². The number of hydrogen-bond acceptors (Lipinski definition) is 2. The van der Waals surface area contributed by atoms with Gasteiger partial charge in [0.2, 0.25) is 0 Å². The Kier molecular flexibility index (Phi) is 2.60. The molecule has 0 N–H and O–H groups in total. The number of hydrogen-bond donors (Lipinski definition) is 0. The summed E-state index contributed by atoms with van der Waals surface area (Å²) in [4.78, 5) is 0. The Balaban J connectivity index is 1.63. The van der Waals surface area contributed by atoms with Crippen LogP contribution in [0.5, 0.6) is 5.75 Å². The summed E-state index contributed by atoms with van der Waals surface area (Å²) in [5, 5.41) is 0. The molecule has 2 aliphatic rings. The molecule has 2 heteroatoms. The van der Waals surface area contributed by atoms with Crippen LogP contribution < -0.4 is 4.74 Å². The Morgan fingerprint density at radius 1 is 1.19 bits per heavy atom. The lowest BCUT2D eigenvalue weighted by Gasteiger charge is -2.46. The van der Waals surface area contributed by atoms with Crippen LogP contribution in [0, 0.1) is 0 Å². The highest BCUT2D eigenvalue weighted by molar-refractivity contribution is 5.21. The van der Waals surface area contributed by atoms with Crippen LogP contribution in [0.3, 0.4) is 0 Å². The van der Waals surface area contributed by atoms with Gasteiger partial charge in [0.1, 0.15) is 11.9 Å². The molecule has 1 aromatic rings. The molecule has 3 rings (SSSR count). The molecule has 1 saturated carbocycles. The molecule has 0 radical (unpaired) electrons. The molecule has 1 aromatic carbocycles. The van der Waals surface area contributed by atoms with Gasteiger partial charge in [-0.15, -0.1) is 0 Å². The molecule has 16 heavy (non-hydrogen) atoms. The molecule has 1 unspecified atom stereocenters. The van der Waals surface area contributed by atoms with Gasteiger partial charge in [0, 0.05) is 12.8 Å². The van der Waals surface area contributed by atoms with Crippen LogP contribution in [-0.2, 0) is 4.74 Å². The number of para-hydroxylation sites is 1. The molecule has 86 valence electrons. The summed E-state index contributed by atoms with van der Waals surface area (Å²) in [6.07, 6.45) is 6.20. The molecule has 2 nitrogen and oxygen atoms in total. The van der Waals surface area contributed by atoms with E-state index in [0.29, 0.717) is 6.10 Å². The lowest BCUT2D eigenvalue weighted by Crippen LogP contribution is -2.48. The van der Waals surface area contributed by atoms with E-state index >= 15 is 0 Å². The second-order valence-corrected chi connectivity index (χ2v) is 4.93. The van der Waals surface area contributed by atoms with Crippen LogP contribution in [0.1, 0.15) is 32.1 Å². The highest BCUT2D eigenvalue weighted by atomic mass is 16.5. The first-order chi connectivity index (χ1) is 7.86. The van der Waals surface area contributed by atoms with Crippen molar-refractivity contribution < 1.29 is 9.47 Å². The molecule has 1 heterocycles. The Bertz CT molecular complexity index is 343. The van der Waals surface area contributed by atoms with Gasteiger partial charge in [0.25, 0.3) is 0 Å². The Hall–Kier alpha value is -1.02. The minimum absolute atomic E-state index is 0.178. The molecule has 1 spiro atoms. The van der Waals surface area contributed by atoms with Gasteiger partial charge in [-0.25, -0.2) is 0 Å². The summed E-state index contributed by atoms with van der Waals surface area (Å²) >= 11 is 0. The monoisotopic (exact) mass is 218 g/mol. The highest BCUT2D eigenvalue weighted by Crippen LogP contribution is 2.43. The molecule has 0 bridgehead atoms. The normalized spacial score (nSPS) is 27.4. The number of benzene rings is 1. The molecule has 1 aliphatic heterocycles. The largest absolute Gasteiger partial charge is 0.490 e. The van der Waals surface area contributed by atoms with Gasteiger partial charge in [-0.05, 0) is 31.4 Å². The van der Waals surface area contributed by atoms with E-state index in [0.717, 1.165) is 25.2 Å². The summed E-state index contributed by atoms with van der Waals surface area (Å²) < 4.78 is 11.9. The lowest BCUT2D eigenvalue weighted by molar-refractivity contribution is -0.153. The molecule has 0 amide bonds. The maximum absolute atomic E-state index is 6.01. The fraction of sp³-hybridized carbons (Fsp3) is 0.571. The quantitative estimate of drug-likeness (QED) is 0.759. The smallest absolute Gasteiger partial charge is 0.119 e. The third kappa shape index (κ3) is 1.94. The minimum Gasteiger partial charge on any atom is -0.490 e. The molecule has 0 aromatic heterocycles. The first kappa shape index (κ1) is 10.2. The average Bonchev–Trinajstić information content (AvgIpc) is 2.29. The van der Waals surface area contributed by atoms with E-state index in [1.807, 2.05) is 30.3 Å². The Morgan fingerprint density at radius 2 is 2.00 bits per heavy atom. The van der Waals surface area contributed by atoms with E-state index in [9.17, 15) is 0 Å². The minimum atomic E-state index is 0.178.